The van der Waals surface area contributed by atoms with Crippen molar-refractivity contribution >= 4 is 17.5 Å². The van der Waals surface area contributed by atoms with Crippen LogP contribution in [0.5, 0.6) is 5.75 Å². The second-order valence-corrected chi connectivity index (χ2v) is 8.54. The van der Waals surface area contributed by atoms with Gasteiger partial charge in [-0.05, 0) is 48.9 Å². The molecule has 1 aromatic carbocycles. The number of aromatic nitrogens is 1. The summed E-state index contributed by atoms with van der Waals surface area (Å²) in [6.07, 6.45) is 5.08. The molecule has 2 saturated heterocycles. The molecule has 0 saturated carbocycles. The molecule has 2 atom stereocenters. The first-order valence-corrected chi connectivity index (χ1v) is 11.0. The summed E-state index contributed by atoms with van der Waals surface area (Å²) in [5, 5.41) is 6.19. The molecule has 31 heavy (non-hydrogen) atoms. The zero-order valence-corrected chi connectivity index (χ0v) is 18.1. The largest absolute Gasteiger partial charge is 0.478 e. The molecule has 0 bridgehead atoms. The second-order valence-electron chi connectivity index (χ2n) is 8.54. The fourth-order valence-electron chi connectivity index (χ4n) is 4.16. The van der Waals surface area contributed by atoms with Crippen molar-refractivity contribution in [1.29, 1.82) is 0 Å². The van der Waals surface area contributed by atoms with Gasteiger partial charge in [0.2, 0.25) is 0 Å². The van der Waals surface area contributed by atoms with E-state index in [4.69, 9.17) is 4.74 Å². The molecule has 0 unspecified atom stereocenters. The zero-order valence-electron chi connectivity index (χ0n) is 18.1. The van der Waals surface area contributed by atoms with Crippen LogP contribution in [0.25, 0.3) is 0 Å². The lowest BCUT2D eigenvalue weighted by Gasteiger charge is -2.39. The monoisotopic (exact) mass is 422 g/mol. The molecule has 7 nitrogen and oxygen atoms in total. The van der Waals surface area contributed by atoms with Gasteiger partial charge in [0.15, 0.2) is 11.4 Å². The van der Waals surface area contributed by atoms with Gasteiger partial charge in [-0.15, -0.1) is 0 Å². The number of hydrogen-bond acceptors (Lipinski definition) is 5. The van der Waals surface area contributed by atoms with Crippen molar-refractivity contribution in [1.82, 2.24) is 15.2 Å². The van der Waals surface area contributed by atoms with E-state index in [0.29, 0.717) is 43.4 Å². The third-order valence-corrected chi connectivity index (χ3v) is 6.37. The number of ketones is 1. The smallest absolute Gasteiger partial charge is 0.321 e. The number of benzene rings is 1. The molecule has 2 aliphatic rings. The highest BCUT2D eigenvalue weighted by atomic mass is 16.5. The molecule has 164 valence electrons. The zero-order chi connectivity index (χ0) is 21.8. The fourth-order valence-corrected chi connectivity index (χ4v) is 4.16. The summed E-state index contributed by atoms with van der Waals surface area (Å²) in [7, 11) is 0. The first kappa shape index (κ1) is 21.3. The van der Waals surface area contributed by atoms with Crippen LogP contribution in [0.1, 0.15) is 38.2 Å². The average molecular weight is 423 g/mol. The van der Waals surface area contributed by atoms with Crippen LogP contribution in [0.15, 0.2) is 48.8 Å². The Morgan fingerprint density at radius 3 is 2.68 bits per heavy atom. The third kappa shape index (κ3) is 4.56. The highest BCUT2D eigenvalue weighted by Gasteiger charge is 2.45. The van der Waals surface area contributed by atoms with Crippen LogP contribution < -0.4 is 15.4 Å². The van der Waals surface area contributed by atoms with Gasteiger partial charge in [0.1, 0.15) is 5.75 Å². The van der Waals surface area contributed by atoms with E-state index in [2.05, 4.69) is 15.6 Å². The van der Waals surface area contributed by atoms with Crippen molar-refractivity contribution in [2.24, 2.45) is 5.92 Å². The number of carbonyl (C=O) groups is 2. The Kier molecular flexibility index (Phi) is 6.23. The summed E-state index contributed by atoms with van der Waals surface area (Å²) in [6.45, 7) is 6.65. The van der Waals surface area contributed by atoms with Gasteiger partial charge in [-0.25, -0.2) is 4.79 Å². The Bertz CT molecular complexity index is 904. The van der Waals surface area contributed by atoms with Crippen molar-refractivity contribution in [3.05, 3.63) is 54.4 Å². The third-order valence-electron chi connectivity index (χ3n) is 6.37. The van der Waals surface area contributed by atoms with Crippen LogP contribution in [0.2, 0.25) is 0 Å². The second kappa shape index (κ2) is 9.06. The fraction of sp³-hybridized carbons (Fsp3) is 0.458. The Hall–Kier alpha value is -2.93. The first-order valence-electron chi connectivity index (χ1n) is 11.0. The summed E-state index contributed by atoms with van der Waals surface area (Å²) in [6, 6.07) is 11.1. The van der Waals surface area contributed by atoms with Crippen molar-refractivity contribution in [2.75, 3.05) is 31.5 Å². The lowest BCUT2D eigenvalue weighted by atomic mass is 9.87. The quantitative estimate of drug-likeness (QED) is 0.714. The minimum Gasteiger partial charge on any atom is -0.478 e. The van der Waals surface area contributed by atoms with E-state index in [0.717, 1.165) is 18.5 Å². The van der Waals surface area contributed by atoms with E-state index in [1.54, 1.807) is 11.1 Å². The number of rotatable bonds is 7. The molecule has 0 spiro atoms. The van der Waals surface area contributed by atoms with Crippen LogP contribution >= 0.6 is 0 Å². The molecule has 2 N–H and O–H groups in total. The molecule has 7 heteroatoms. The molecular formula is C24H30N4O3. The van der Waals surface area contributed by atoms with Crippen molar-refractivity contribution in [3.8, 4) is 5.75 Å². The summed E-state index contributed by atoms with van der Waals surface area (Å²) in [5.41, 5.74) is 1.06. The predicted octanol–water partition coefficient (Wildman–Crippen LogP) is 3.44. The standard InChI is InChI=1S/C24H30N4O3/c1-3-17(2)22(29)24(10-12-26-16-24)31-21-8-6-20(7-9-21)27-23(30)28-14-19(15-28)18-5-4-11-25-13-18/h4-9,11,13,17,19,26H,3,10,12,14-16H2,1-2H3,(H,27,30)/t17-,24+/m0/s1. The van der Waals surface area contributed by atoms with Gasteiger partial charge in [-0.1, -0.05) is 19.9 Å². The number of likely N-dealkylation sites (tertiary alicyclic amines) is 1. The highest BCUT2D eigenvalue weighted by Crippen LogP contribution is 2.30. The first-order chi connectivity index (χ1) is 15.0. The maximum absolute atomic E-state index is 12.9. The molecule has 0 aliphatic carbocycles. The van der Waals surface area contributed by atoms with E-state index in [-0.39, 0.29) is 17.7 Å². The maximum Gasteiger partial charge on any atom is 0.321 e. The average Bonchev–Trinajstić information content (AvgIpc) is 3.23. The van der Waals surface area contributed by atoms with Gasteiger partial charge in [0.05, 0.1) is 0 Å². The number of nitrogens with one attached hydrogen (secondary N) is 2. The van der Waals surface area contributed by atoms with Crippen molar-refractivity contribution < 1.29 is 14.3 Å². The van der Waals surface area contributed by atoms with Gasteiger partial charge >= 0.3 is 6.03 Å². The molecule has 2 amide bonds. The Morgan fingerprint density at radius 2 is 2.06 bits per heavy atom. The van der Waals surface area contributed by atoms with Crippen molar-refractivity contribution in [3.63, 3.8) is 0 Å². The van der Waals surface area contributed by atoms with Crippen LogP contribution in [0.4, 0.5) is 10.5 Å². The lowest BCUT2D eigenvalue weighted by molar-refractivity contribution is -0.136. The molecule has 2 fully saturated rings. The van der Waals surface area contributed by atoms with Crippen molar-refractivity contribution in [2.45, 2.75) is 38.2 Å². The number of carbonyl (C=O) groups excluding carboxylic acids is 2. The summed E-state index contributed by atoms with van der Waals surface area (Å²) in [5.74, 6) is 1.09. The minimum atomic E-state index is -0.806. The summed E-state index contributed by atoms with van der Waals surface area (Å²) >= 11 is 0. The molecule has 2 aromatic rings. The molecule has 0 radical (unpaired) electrons. The van der Waals surface area contributed by atoms with Crippen LogP contribution in [-0.4, -0.2) is 53.5 Å². The maximum atomic E-state index is 12.9. The van der Waals surface area contributed by atoms with Gasteiger partial charge in [-0.2, -0.15) is 0 Å². The molecule has 4 rings (SSSR count). The Balaban J connectivity index is 1.33. The number of amides is 2. The highest BCUT2D eigenvalue weighted by molar-refractivity contribution is 5.91. The number of hydrogen-bond donors (Lipinski definition) is 2. The number of urea groups is 1. The Labute approximate surface area is 183 Å². The molecule has 2 aliphatic heterocycles. The molecule has 1 aromatic heterocycles. The lowest BCUT2D eigenvalue weighted by Crippen LogP contribution is -2.50. The number of Topliss-reactive ketones (excluding diaryl/α,β-unsaturated/α-hetero) is 1. The SMILES string of the molecule is CC[C@H](C)C(=O)[C@@]1(Oc2ccc(NC(=O)N3CC(c4cccnc4)C3)cc2)CCNC1. The minimum absolute atomic E-state index is 0.0366. The molecular weight excluding hydrogens is 392 g/mol. The van der Waals surface area contributed by atoms with E-state index >= 15 is 0 Å². The van der Waals surface area contributed by atoms with Crippen LogP contribution in [-0.2, 0) is 4.79 Å². The molecule has 3 heterocycles. The van der Waals surface area contributed by atoms with Gasteiger partial charge in [-0.3, -0.25) is 9.78 Å². The number of ether oxygens (including phenoxy) is 1. The van der Waals surface area contributed by atoms with E-state index in [1.807, 2.05) is 56.4 Å². The van der Waals surface area contributed by atoms with Crippen LogP contribution in [0.3, 0.4) is 0 Å². The summed E-state index contributed by atoms with van der Waals surface area (Å²) < 4.78 is 6.21. The summed E-state index contributed by atoms with van der Waals surface area (Å²) in [4.78, 5) is 31.4. The number of anilines is 1. The Morgan fingerprint density at radius 1 is 1.29 bits per heavy atom. The van der Waals surface area contributed by atoms with E-state index in [1.165, 1.54) is 0 Å². The predicted molar refractivity (Wildman–Crippen MR) is 119 cm³/mol. The topological polar surface area (TPSA) is 83.6 Å². The van der Waals surface area contributed by atoms with E-state index in [9.17, 15) is 9.59 Å². The number of pyridine rings is 1. The van der Waals surface area contributed by atoms with Gasteiger partial charge in [0, 0.05) is 56.0 Å². The van der Waals surface area contributed by atoms with Gasteiger partial charge in [0.25, 0.3) is 0 Å². The van der Waals surface area contributed by atoms with Gasteiger partial charge < -0.3 is 20.3 Å². The van der Waals surface area contributed by atoms with Crippen LogP contribution in [0, 0.1) is 5.92 Å². The number of nitrogens with zero attached hydrogens (tertiary/aromatic N) is 2. The van der Waals surface area contributed by atoms with E-state index < -0.39 is 5.60 Å². The normalized spacial score (nSPS) is 21.9.